The van der Waals surface area contributed by atoms with Gasteiger partial charge in [0.25, 0.3) is 11.8 Å². The molecule has 160 valence electrons. The van der Waals surface area contributed by atoms with Crippen LogP contribution in [0.15, 0.2) is 77.3 Å². The monoisotopic (exact) mass is 430 g/mol. The van der Waals surface area contributed by atoms with Crippen molar-refractivity contribution < 1.29 is 19.0 Å². The summed E-state index contributed by atoms with van der Waals surface area (Å²) in [6.07, 6.45) is 0.508. The number of nitro groups is 1. The van der Waals surface area contributed by atoms with Crippen molar-refractivity contribution in [2.75, 3.05) is 12.4 Å². The van der Waals surface area contributed by atoms with Gasteiger partial charge >= 0.3 is 5.69 Å². The summed E-state index contributed by atoms with van der Waals surface area (Å²) in [6, 6.07) is 20.7. The Morgan fingerprint density at radius 3 is 2.59 bits per heavy atom. The van der Waals surface area contributed by atoms with Crippen molar-refractivity contribution in [2.24, 2.45) is 0 Å². The molecule has 1 amide bonds. The van der Waals surface area contributed by atoms with Gasteiger partial charge < -0.3 is 14.6 Å². The molecule has 0 aliphatic rings. The van der Waals surface area contributed by atoms with E-state index in [0.717, 1.165) is 5.56 Å². The highest BCUT2D eigenvalue weighted by atomic mass is 16.6. The van der Waals surface area contributed by atoms with Crippen LogP contribution in [-0.2, 0) is 6.42 Å². The molecule has 0 bridgehead atoms. The first-order chi connectivity index (χ1) is 15.5. The predicted octanol–water partition coefficient (Wildman–Crippen LogP) is 4.50. The number of rotatable bonds is 7. The topological polar surface area (TPSA) is 120 Å². The van der Waals surface area contributed by atoms with Gasteiger partial charge in [-0.05, 0) is 29.8 Å². The van der Waals surface area contributed by atoms with E-state index in [1.807, 2.05) is 30.3 Å². The Hall–Kier alpha value is -4.53. The fourth-order valence-corrected chi connectivity index (χ4v) is 3.16. The summed E-state index contributed by atoms with van der Waals surface area (Å²) < 4.78 is 10.4. The van der Waals surface area contributed by atoms with E-state index in [4.69, 9.17) is 9.26 Å². The third-order valence-electron chi connectivity index (χ3n) is 4.72. The Morgan fingerprint density at radius 1 is 1.09 bits per heavy atom. The maximum absolute atomic E-state index is 12.8. The molecule has 0 atom stereocenters. The molecule has 0 spiro atoms. The lowest BCUT2D eigenvalue weighted by atomic mass is 10.1. The summed E-state index contributed by atoms with van der Waals surface area (Å²) in [4.78, 5) is 27.9. The van der Waals surface area contributed by atoms with Crippen LogP contribution >= 0.6 is 0 Å². The third-order valence-corrected chi connectivity index (χ3v) is 4.72. The number of ether oxygens (including phenoxy) is 1. The van der Waals surface area contributed by atoms with Crippen molar-refractivity contribution >= 4 is 17.3 Å². The minimum Gasteiger partial charge on any atom is -0.490 e. The van der Waals surface area contributed by atoms with Gasteiger partial charge in [-0.15, -0.1) is 0 Å². The SMILES string of the molecule is COc1ccc(C(=O)Nc2ccccc2-c2nc(Cc3ccccc3)no2)cc1[N+](=O)[O-]. The number of anilines is 1. The fourth-order valence-electron chi connectivity index (χ4n) is 3.16. The number of benzene rings is 3. The van der Waals surface area contributed by atoms with Crippen LogP contribution in [0.4, 0.5) is 11.4 Å². The molecule has 4 aromatic rings. The van der Waals surface area contributed by atoms with Crippen molar-refractivity contribution in [2.45, 2.75) is 6.42 Å². The van der Waals surface area contributed by atoms with Crippen molar-refractivity contribution in [3.05, 3.63) is 99.9 Å². The molecule has 9 nitrogen and oxygen atoms in total. The standard InChI is InChI=1S/C23H18N4O5/c1-31-20-12-11-16(14-19(20)27(29)30)22(28)24-18-10-6-5-9-17(18)23-25-21(26-32-23)13-15-7-3-2-4-8-15/h2-12,14H,13H2,1H3,(H,24,28). The van der Waals surface area contributed by atoms with Crippen LogP contribution in [0.2, 0.25) is 0 Å². The van der Waals surface area contributed by atoms with E-state index in [0.29, 0.717) is 23.5 Å². The van der Waals surface area contributed by atoms with E-state index in [1.165, 1.54) is 25.3 Å². The summed E-state index contributed by atoms with van der Waals surface area (Å²) in [6.45, 7) is 0. The molecule has 0 saturated carbocycles. The van der Waals surface area contributed by atoms with Gasteiger partial charge in [-0.1, -0.05) is 47.6 Å². The molecule has 3 aromatic carbocycles. The van der Waals surface area contributed by atoms with Gasteiger partial charge in [0.1, 0.15) is 0 Å². The molecule has 32 heavy (non-hydrogen) atoms. The average Bonchev–Trinajstić information content (AvgIpc) is 3.27. The molecule has 0 unspecified atom stereocenters. The number of nitrogens with zero attached hydrogens (tertiary/aromatic N) is 3. The molecule has 0 aliphatic heterocycles. The van der Waals surface area contributed by atoms with Crippen LogP contribution in [0.1, 0.15) is 21.7 Å². The normalized spacial score (nSPS) is 10.5. The molecule has 1 heterocycles. The van der Waals surface area contributed by atoms with E-state index in [-0.39, 0.29) is 22.9 Å². The summed E-state index contributed by atoms with van der Waals surface area (Å²) in [5, 5.41) is 18.0. The lowest BCUT2D eigenvalue weighted by molar-refractivity contribution is -0.385. The first-order valence-electron chi connectivity index (χ1n) is 9.65. The molecule has 1 aromatic heterocycles. The number of aromatic nitrogens is 2. The molecule has 0 fully saturated rings. The Morgan fingerprint density at radius 2 is 1.84 bits per heavy atom. The number of para-hydroxylation sites is 1. The fraction of sp³-hybridized carbons (Fsp3) is 0.0870. The summed E-state index contributed by atoms with van der Waals surface area (Å²) in [5.74, 6) is 0.321. The molecule has 0 saturated heterocycles. The number of hydrogen-bond donors (Lipinski definition) is 1. The van der Waals surface area contributed by atoms with Crippen LogP contribution in [0.25, 0.3) is 11.5 Å². The van der Waals surface area contributed by atoms with Gasteiger partial charge in [-0.2, -0.15) is 4.98 Å². The van der Waals surface area contributed by atoms with E-state index in [1.54, 1.807) is 24.3 Å². The molecule has 1 N–H and O–H groups in total. The highest BCUT2D eigenvalue weighted by Gasteiger charge is 2.20. The lowest BCUT2D eigenvalue weighted by Gasteiger charge is -2.09. The maximum Gasteiger partial charge on any atom is 0.311 e. The number of carbonyl (C=O) groups is 1. The average molecular weight is 430 g/mol. The van der Waals surface area contributed by atoms with E-state index in [9.17, 15) is 14.9 Å². The van der Waals surface area contributed by atoms with Crippen molar-refractivity contribution in [3.8, 4) is 17.2 Å². The highest BCUT2D eigenvalue weighted by Crippen LogP contribution is 2.30. The summed E-state index contributed by atoms with van der Waals surface area (Å²) in [5.41, 5.74) is 1.84. The third kappa shape index (κ3) is 4.46. The zero-order valence-electron chi connectivity index (χ0n) is 17.0. The number of nitro benzene ring substituents is 1. The smallest absolute Gasteiger partial charge is 0.311 e. The van der Waals surface area contributed by atoms with Crippen LogP contribution < -0.4 is 10.1 Å². The molecular weight excluding hydrogens is 412 g/mol. The number of nitrogens with one attached hydrogen (secondary N) is 1. The highest BCUT2D eigenvalue weighted by molar-refractivity contribution is 6.06. The van der Waals surface area contributed by atoms with Gasteiger partial charge in [0.2, 0.25) is 0 Å². The Kier molecular flexibility index (Phi) is 5.89. The van der Waals surface area contributed by atoms with Crippen LogP contribution in [0, 0.1) is 10.1 Å². The number of amides is 1. The van der Waals surface area contributed by atoms with Crippen LogP contribution in [-0.4, -0.2) is 28.1 Å². The molecule has 9 heteroatoms. The Bertz CT molecular complexity index is 1270. The molecule has 0 radical (unpaired) electrons. The predicted molar refractivity (Wildman–Crippen MR) is 117 cm³/mol. The number of methoxy groups -OCH3 is 1. The maximum atomic E-state index is 12.8. The largest absolute Gasteiger partial charge is 0.490 e. The first-order valence-corrected chi connectivity index (χ1v) is 9.65. The Labute approximate surface area is 182 Å². The minimum atomic E-state index is -0.601. The van der Waals surface area contributed by atoms with Gasteiger partial charge in [0.05, 0.1) is 23.3 Å². The lowest BCUT2D eigenvalue weighted by Crippen LogP contribution is -2.13. The molecule has 0 aliphatic carbocycles. The van der Waals surface area contributed by atoms with E-state index in [2.05, 4.69) is 15.5 Å². The van der Waals surface area contributed by atoms with Crippen molar-refractivity contribution in [3.63, 3.8) is 0 Å². The van der Waals surface area contributed by atoms with Gasteiger partial charge in [-0.25, -0.2) is 0 Å². The zero-order chi connectivity index (χ0) is 22.5. The van der Waals surface area contributed by atoms with Crippen molar-refractivity contribution in [1.29, 1.82) is 0 Å². The second kappa shape index (κ2) is 9.09. The van der Waals surface area contributed by atoms with Gasteiger partial charge in [-0.3, -0.25) is 14.9 Å². The summed E-state index contributed by atoms with van der Waals surface area (Å²) >= 11 is 0. The van der Waals surface area contributed by atoms with E-state index >= 15 is 0 Å². The summed E-state index contributed by atoms with van der Waals surface area (Å²) in [7, 11) is 1.33. The van der Waals surface area contributed by atoms with Crippen LogP contribution in [0.5, 0.6) is 5.75 Å². The van der Waals surface area contributed by atoms with Gasteiger partial charge in [0.15, 0.2) is 11.6 Å². The van der Waals surface area contributed by atoms with E-state index < -0.39 is 10.8 Å². The second-order valence-electron chi connectivity index (χ2n) is 6.82. The second-order valence-corrected chi connectivity index (χ2v) is 6.82. The minimum absolute atomic E-state index is 0.0729. The number of carbonyl (C=O) groups excluding carboxylic acids is 1. The van der Waals surface area contributed by atoms with Gasteiger partial charge in [0, 0.05) is 18.1 Å². The van der Waals surface area contributed by atoms with Crippen molar-refractivity contribution in [1.82, 2.24) is 10.1 Å². The number of hydrogen-bond acceptors (Lipinski definition) is 7. The quantitative estimate of drug-likeness (QED) is 0.338. The zero-order valence-corrected chi connectivity index (χ0v) is 17.0. The first kappa shape index (κ1) is 20.7. The van der Waals surface area contributed by atoms with Crippen LogP contribution in [0.3, 0.4) is 0 Å². The molecular formula is C23H18N4O5. The molecule has 4 rings (SSSR count). The Balaban J connectivity index is 1.58.